The second-order valence-electron chi connectivity index (χ2n) is 6.43. The summed E-state index contributed by atoms with van der Waals surface area (Å²) in [5, 5.41) is 4.72. The first-order valence-corrected chi connectivity index (χ1v) is 8.57. The van der Waals surface area contributed by atoms with Gasteiger partial charge in [-0.05, 0) is 69.6 Å². The SMILES string of the molecule is CCCN(Cc1ccc2nc(C)ccc2c1)C1CCNCC1. The highest BCUT2D eigenvalue weighted by Gasteiger charge is 2.20. The van der Waals surface area contributed by atoms with Crippen LogP contribution in [0, 0.1) is 6.92 Å². The Hall–Kier alpha value is -1.45. The first-order chi connectivity index (χ1) is 10.8. The van der Waals surface area contributed by atoms with E-state index >= 15 is 0 Å². The van der Waals surface area contributed by atoms with Gasteiger partial charge < -0.3 is 5.32 Å². The molecule has 22 heavy (non-hydrogen) atoms. The normalized spacial score (nSPS) is 16.5. The van der Waals surface area contributed by atoms with Gasteiger partial charge in [-0.25, -0.2) is 0 Å². The van der Waals surface area contributed by atoms with Gasteiger partial charge in [0.05, 0.1) is 5.52 Å². The minimum Gasteiger partial charge on any atom is -0.317 e. The van der Waals surface area contributed by atoms with Crippen LogP contribution in [0.5, 0.6) is 0 Å². The second kappa shape index (κ2) is 7.21. The van der Waals surface area contributed by atoms with Gasteiger partial charge in [-0.15, -0.1) is 0 Å². The molecule has 2 heterocycles. The van der Waals surface area contributed by atoms with Gasteiger partial charge in [0.1, 0.15) is 0 Å². The molecule has 0 amide bonds. The Bertz CT molecular complexity index is 617. The number of hydrogen-bond donors (Lipinski definition) is 1. The zero-order valence-electron chi connectivity index (χ0n) is 13.8. The van der Waals surface area contributed by atoms with Crippen LogP contribution < -0.4 is 5.32 Å². The molecule has 0 spiro atoms. The van der Waals surface area contributed by atoms with E-state index in [4.69, 9.17) is 0 Å². The maximum atomic E-state index is 4.60. The van der Waals surface area contributed by atoms with E-state index in [9.17, 15) is 0 Å². The van der Waals surface area contributed by atoms with E-state index < -0.39 is 0 Å². The molecular weight excluding hydrogens is 270 g/mol. The monoisotopic (exact) mass is 297 g/mol. The number of hydrogen-bond acceptors (Lipinski definition) is 3. The van der Waals surface area contributed by atoms with Crippen LogP contribution in [0.15, 0.2) is 30.3 Å². The number of fused-ring (bicyclic) bond motifs is 1. The Kier molecular flexibility index (Phi) is 5.06. The first kappa shape index (κ1) is 15.4. The smallest absolute Gasteiger partial charge is 0.0705 e. The Balaban J connectivity index is 1.78. The molecule has 3 rings (SSSR count). The number of rotatable bonds is 5. The number of aryl methyl sites for hydroxylation is 1. The molecule has 1 aromatic heterocycles. The van der Waals surface area contributed by atoms with Crippen molar-refractivity contribution in [3.05, 3.63) is 41.6 Å². The van der Waals surface area contributed by atoms with E-state index in [0.717, 1.165) is 36.9 Å². The lowest BCUT2D eigenvalue weighted by Crippen LogP contribution is -2.43. The van der Waals surface area contributed by atoms with Crippen molar-refractivity contribution in [1.29, 1.82) is 0 Å². The molecule has 1 aliphatic heterocycles. The van der Waals surface area contributed by atoms with E-state index in [1.165, 1.54) is 36.8 Å². The maximum absolute atomic E-state index is 4.60. The molecule has 118 valence electrons. The molecule has 3 nitrogen and oxygen atoms in total. The molecule has 2 aromatic rings. The van der Waals surface area contributed by atoms with Gasteiger partial charge in [0.2, 0.25) is 0 Å². The maximum Gasteiger partial charge on any atom is 0.0705 e. The van der Waals surface area contributed by atoms with Gasteiger partial charge in [-0.3, -0.25) is 9.88 Å². The largest absolute Gasteiger partial charge is 0.317 e. The van der Waals surface area contributed by atoms with Gasteiger partial charge >= 0.3 is 0 Å². The fourth-order valence-corrected chi connectivity index (χ4v) is 3.46. The van der Waals surface area contributed by atoms with Crippen molar-refractivity contribution in [2.45, 2.75) is 45.7 Å². The van der Waals surface area contributed by atoms with Gasteiger partial charge in [0.25, 0.3) is 0 Å². The number of pyridine rings is 1. The van der Waals surface area contributed by atoms with E-state index in [-0.39, 0.29) is 0 Å². The van der Waals surface area contributed by atoms with E-state index in [2.05, 4.69) is 52.5 Å². The zero-order valence-corrected chi connectivity index (χ0v) is 13.8. The predicted octanol–water partition coefficient (Wildman–Crippen LogP) is 3.51. The van der Waals surface area contributed by atoms with Crippen molar-refractivity contribution in [3.8, 4) is 0 Å². The second-order valence-corrected chi connectivity index (χ2v) is 6.43. The molecule has 0 atom stereocenters. The third kappa shape index (κ3) is 3.65. The molecule has 1 saturated heterocycles. The molecule has 1 N–H and O–H groups in total. The van der Waals surface area contributed by atoms with Crippen molar-refractivity contribution in [1.82, 2.24) is 15.2 Å². The number of benzene rings is 1. The van der Waals surface area contributed by atoms with Gasteiger partial charge in [-0.1, -0.05) is 19.1 Å². The summed E-state index contributed by atoms with van der Waals surface area (Å²) in [6.07, 6.45) is 3.76. The van der Waals surface area contributed by atoms with Crippen LogP contribution in [-0.4, -0.2) is 35.6 Å². The van der Waals surface area contributed by atoms with Crippen molar-refractivity contribution < 1.29 is 0 Å². The minimum absolute atomic E-state index is 0.730. The summed E-state index contributed by atoms with van der Waals surface area (Å²) in [7, 11) is 0. The van der Waals surface area contributed by atoms with E-state index in [0.29, 0.717) is 0 Å². The lowest BCUT2D eigenvalue weighted by molar-refractivity contribution is 0.154. The Morgan fingerprint density at radius 2 is 2.00 bits per heavy atom. The molecule has 1 aliphatic rings. The Morgan fingerprint density at radius 1 is 1.18 bits per heavy atom. The summed E-state index contributed by atoms with van der Waals surface area (Å²) in [6, 6.07) is 11.8. The van der Waals surface area contributed by atoms with Crippen LogP contribution in [0.2, 0.25) is 0 Å². The summed E-state index contributed by atoms with van der Waals surface area (Å²) in [5.41, 5.74) is 3.60. The van der Waals surface area contributed by atoms with Crippen LogP contribution >= 0.6 is 0 Å². The number of nitrogens with one attached hydrogen (secondary N) is 1. The van der Waals surface area contributed by atoms with E-state index in [1.807, 2.05) is 6.92 Å². The average Bonchev–Trinajstić information content (AvgIpc) is 2.55. The lowest BCUT2D eigenvalue weighted by Gasteiger charge is -2.34. The quantitative estimate of drug-likeness (QED) is 0.915. The summed E-state index contributed by atoms with van der Waals surface area (Å²) < 4.78 is 0. The molecule has 0 aliphatic carbocycles. The van der Waals surface area contributed by atoms with Crippen LogP contribution in [0.3, 0.4) is 0 Å². The molecular formula is C19H27N3. The molecule has 0 saturated carbocycles. The topological polar surface area (TPSA) is 28.2 Å². The molecule has 1 fully saturated rings. The third-order valence-corrected chi connectivity index (χ3v) is 4.61. The molecule has 3 heteroatoms. The van der Waals surface area contributed by atoms with Crippen LogP contribution in [0.25, 0.3) is 10.9 Å². The highest BCUT2D eigenvalue weighted by molar-refractivity contribution is 5.79. The van der Waals surface area contributed by atoms with Gasteiger partial charge in [-0.2, -0.15) is 0 Å². The fourth-order valence-electron chi connectivity index (χ4n) is 3.46. The van der Waals surface area contributed by atoms with Crippen LogP contribution in [0.4, 0.5) is 0 Å². The minimum atomic E-state index is 0.730. The zero-order chi connectivity index (χ0) is 15.4. The summed E-state index contributed by atoms with van der Waals surface area (Å²) in [4.78, 5) is 7.27. The van der Waals surface area contributed by atoms with E-state index in [1.54, 1.807) is 0 Å². The molecule has 0 radical (unpaired) electrons. The van der Waals surface area contributed by atoms with Gasteiger partial charge in [0, 0.05) is 23.7 Å². The van der Waals surface area contributed by atoms with Crippen molar-refractivity contribution in [2.24, 2.45) is 0 Å². The molecule has 0 bridgehead atoms. The highest BCUT2D eigenvalue weighted by Crippen LogP contribution is 2.19. The Morgan fingerprint density at radius 3 is 2.77 bits per heavy atom. The van der Waals surface area contributed by atoms with Crippen molar-refractivity contribution in [2.75, 3.05) is 19.6 Å². The third-order valence-electron chi connectivity index (χ3n) is 4.61. The van der Waals surface area contributed by atoms with Crippen LogP contribution in [-0.2, 0) is 6.54 Å². The average molecular weight is 297 g/mol. The number of piperidine rings is 1. The summed E-state index contributed by atoms with van der Waals surface area (Å²) in [5.74, 6) is 0. The van der Waals surface area contributed by atoms with Crippen molar-refractivity contribution >= 4 is 10.9 Å². The number of aromatic nitrogens is 1. The van der Waals surface area contributed by atoms with Crippen LogP contribution in [0.1, 0.15) is 37.4 Å². The summed E-state index contributed by atoms with van der Waals surface area (Å²) in [6.45, 7) is 8.89. The van der Waals surface area contributed by atoms with Crippen molar-refractivity contribution in [3.63, 3.8) is 0 Å². The lowest BCUT2D eigenvalue weighted by atomic mass is 10.0. The molecule has 0 unspecified atom stereocenters. The number of nitrogens with zero attached hydrogens (tertiary/aromatic N) is 2. The molecule has 1 aromatic carbocycles. The predicted molar refractivity (Wildman–Crippen MR) is 93.1 cm³/mol. The first-order valence-electron chi connectivity index (χ1n) is 8.57. The fraction of sp³-hybridized carbons (Fsp3) is 0.526. The summed E-state index contributed by atoms with van der Waals surface area (Å²) >= 11 is 0. The standard InChI is InChI=1S/C19H27N3/c1-3-12-22(18-8-10-20-11-9-18)14-16-5-7-19-17(13-16)6-4-15(2)21-19/h4-7,13,18,20H,3,8-12,14H2,1-2H3. The van der Waals surface area contributed by atoms with Gasteiger partial charge in [0.15, 0.2) is 0 Å². The highest BCUT2D eigenvalue weighted by atomic mass is 15.2. The Labute approximate surface area is 133 Å².